The molecule has 0 aromatic carbocycles. The van der Waals surface area contributed by atoms with E-state index >= 15 is 0 Å². The first kappa shape index (κ1) is 15.6. The van der Waals surface area contributed by atoms with Crippen molar-refractivity contribution >= 4 is 13.4 Å². The van der Waals surface area contributed by atoms with Gasteiger partial charge >= 0.3 is 7.12 Å². The number of aldehydes is 1. The van der Waals surface area contributed by atoms with Gasteiger partial charge in [-0.05, 0) is 12.7 Å². The van der Waals surface area contributed by atoms with E-state index in [1.165, 1.54) is 0 Å². The fourth-order valence-corrected chi connectivity index (χ4v) is 1.25. The summed E-state index contributed by atoms with van der Waals surface area (Å²) in [7, 11) is -1.18. The van der Waals surface area contributed by atoms with Crippen molar-refractivity contribution in [1.82, 2.24) is 5.32 Å². The number of carbonyl (C=O) groups is 1. The van der Waals surface area contributed by atoms with E-state index in [-0.39, 0.29) is 0 Å². The zero-order chi connectivity index (χ0) is 12.1. The molecule has 0 amide bonds. The Labute approximate surface area is 97.3 Å². The highest BCUT2D eigenvalue weighted by Gasteiger charge is 2.03. The summed E-state index contributed by atoms with van der Waals surface area (Å²) in [5.74, 6) is 0. The monoisotopic (exact) mass is 231 g/mol. The Morgan fingerprint density at radius 1 is 1.19 bits per heavy atom. The molecular formula is C10H22BNO4. The molecular weight excluding hydrogens is 209 g/mol. The highest BCUT2D eigenvalue weighted by molar-refractivity contribution is 6.40. The van der Waals surface area contributed by atoms with Gasteiger partial charge in [0.2, 0.25) is 0 Å². The van der Waals surface area contributed by atoms with Crippen LogP contribution in [0.5, 0.6) is 0 Å². The maximum atomic E-state index is 9.80. The third kappa shape index (κ3) is 13.6. The molecule has 0 aromatic heterocycles. The summed E-state index contributed by atoms with van der Waals surface area (Å²) in [6.45, 7) is 3.83. The van der Waals surface area contributed by atoms with Crippen molar-refractivity contribution < 1.29 is 19.6 Å². The number of hydrogen-bond acceptors (Lipinski definition) is 5. The molecule has 0 radical (unpaired) electrons. The number of nitrogens with one attached hydrogen (secondary N) is 1. The minimum Gasteiger partial charge on any atom is -0.427 e. The van der Waals surface area contributed by atoms with E-state index in [9.17, 15) is 4.79 Å². The molecule has 0 aromatic rings. The van der Waals surface area contributed by atoms with Gasteiger partial charge in [0.1, 0.15) is 6.29 Å². The second-order valence-electron chi connectivity index (χ2n) is 3.65. The fraction of sp³-hybridized carbons (Fsp3) is 0.900. The summed E-state index contributed by atoms with van der Waals surface area (Å²) in [6.07, 6.45) is 4.42. The van der Waals surface area contributed by atoms with Gasteiger partial charge in [0.25, 0.3) is 0 Å². The molecule has 94 valence electrons. The summed E-state index contributed by atoms with van der Waals surface area (Å²) >= 11 is 0. The Bertz CT molecular complexity index is 142. The van der Waals surface area contributed by atoms with Crippen molar-refractivity contribution in [1.29, 1.82) is 0 Å². The molecule has 16 heavy (non-hydrogen) atoms. The second kappa shape index (κ2) is 12.6. The number of hydrogen-bond donors (Lipinski definition) is 3. The molecule has 5 nitrogen and oxygen atoms in total. The Balaban J connectivity index is 0.000000315. The predicted octanol–water partition coefficient (Wildman–Crippen LogP) is -0.175. The Kier molecular flexibility index (Phi) is 12.3. The van der Waals surface area contributed by atoms with E-state index in [1.807, 2.05) is 0 Å². The van der Waals surface area contributed by atoms with Gasteiger partial charge in [0, 0.05) is 19.5 Å². The molecule has 1 rings (SSSR count). The minimum absolute atomic E-state index is 0.416. The van der Waals surface area contributed by atoms with Crippen molar-refractivity contribution in [2.45, 2.75) is 32.0 Å². The maximum absolute atomic E-state index is 9.80. The lowest BCUT2D eigenvalue weighted by Gasteiger charge is -2.10. The van der Waals surface area contributed by atoms with Crippen LogP contribution in [0.3, 0.4) is 0 Å². The first-order chi connectivity index (χ1) is 7.77. The fourth-order valence-electron chi connectivity index (χ4n) is 1.25. The van der Waals surface area contributed by atoms with E-state index in [1.54, 1.807) is 0 Å². The molecule has 0 spiro atoms. The molecule has 0 saturated carbocycles. The zero-order valence-corrected chi connectivity index (χ0v) is 9.73. The number of unbranched alkanes of at least 4 members (excludes halogenated alkanes) is 3. The molecule has 1 heterocycles. The van der Waals surface area contributed by atoms with Crippen LogP contribution in [0.4, 0.5) is 0 Å². The second-order valence-corrected chi connectivity index (χ2v) is 3.65. The normalized spacial score (nSPS) is 14.9. The van der Waals surface area contributed by atoms with E-state index in [4.69, 9.17) is 14.8 Å². The number of morpholine rings is 1. The summed E-state index contributed by atoms with van der Waals surface area (Å²) < 4.78 is 5.01. The lowest BCUT2D eigenvalue weighted by atomic mass is 9.83. The highest BCUT2D eigenvalue weighted by atomic mass is 16.5. The molecule has 6 heteroatoms. The van der Waals surface area contributed by atoms with Crippen LogP contribution in [0.2, 0.25) is 6.32 Å². The van der Waals surface area contributed by atoms with Gasteiger partial charge in [-0.15, -0.1) is 0 Å². The number of carbonyl (C=O) groups excluding carboxylic acids is 1. The van der Waals surface area contributed by atoms with Crippen LogP contribution in [0.15, 0.2) is 0 Å². The van der Waals surface area contributed by atoms with Crippen LogP contribution in [-0.2, 0) is 9.53 Å². The summed E-state index contributed by atoms with van der Waals surface area (Å²) in [5.41, 5.74) is 0. The molecule has 1 aliphatic rings. The first-order valence-corrected chi connectivity index (χ1v) is 5.85. The van der Waals surface area contributed by atoms with Gasteiger partial charge in [0.05, 0.1) is 13.2 Å². The summed E-state index contributed by atoms with van der Waals surface area (Å²) in [4.78, 5) is 9.80. The average Bonchev–Trinajstić information content (AvgIpc) is 2.31. The van der Waals surface area contributed by atoms with Crippen LogP contribution in [0.1, 0.15) is 25.7 Å². The topological polar surface area (TPSA) is 78.8 Å². The molecule has 0 unspecified atom stereocenters. The van der Waals surface area contributed by atoms with Gasteiger partial charge in [0.15, 0.2) is 0 Å². The summed E-state index contributed by atoms with van der Waals surface area (Å²) in [6, 6.07) is 0. The van der Waals surface area contributed by atoms with Crippen LogP contribution >= 0.6 is 0 Å². The lowest BCUT2D eigenvalue weighted by Crippen LogP contribution is -2.30. The maximum Gasteiger partial charge on any atom is 0.451 e. The van der Waals surface area contributed by atoms with Crippen molar-refractivity contribution in [3.05, 3.63) is 0 Å². The van der Waals surface area contributed by atoms with Gasteiger partial charge in [-0.1, -0.05) is 12.8 Å². The third-order valence-corrected chi connectivity index (χ3v) is 2.13. The SMILES string of the molecule is C1COCCN1.O=CCCCCCB(O)O. The quantitative estimate of drug-likeness (QED) is 0.336. The van der Waals surface area contributed by atoms with Crippen LogP contribution in [0, 0.1) is 0 Å². The zero-order valence-electron chi connectivity index (χ0n) is 9.73. The van der Waals surface area contributed by atoms with E-state index < -0.39 is 7.12 Å². The van der Waals surface area contributed by atoms with Crippen molar-refractivity contribution in [2.75, 3.05) is 26.3 Å². The minimum atomic E-state index is -1.18. The largest absolute Gasteiger partial charge is 0.451 e. The van der Waals surface area contributed by atoms with Crippen molar-refractivity contribution in [3.8, 4) is 0 Å². The lowest BCUT2D eigenvalue weighted by molar-refractivity contribution is -0.107. The molecule has 1 saturated heterocycles. The average molecular weight is 231 g/mol. The standard InChI is InChI=1S/C6H13BO3.C4H9NO/c8-6-4-2-1-3-5-7(9)10;1-3-6-4-2-5-1/h6,9-10H,1-5H2;5H,1-4H2. The Hall–Kier alpha value is -0.425. The molecule has 0 aliphatic carbocycles. The van der Waals surface area contributed by atoms with E-state index in [0.717, 1.165) is 51.9 Å². The third-order valence-electron chi connectivity index (χ3n) is 2.13. The molecule has 1 fully saturated rings. The van der Waals surface area contributed by atoms with Crippen LogP contribution in [-0.4, -0.2) is 49.8 Å². The van der Waals surface area contributed by atoms with Gasteiger partial charge in [-0.25, -0.2) is 0 Å². The smallest absolute Gasteiger partial charge is 0.427 e. The number of rotatable bonds is 6. The van der Waals surface area contributed by atoms with Gasteiger partial charge in [-0.2, -0.15) is 0 Å². The van der Waals surface area contributed by atoms with Crippen molar-refractivity contribution in [3.63, 3.8) is 0 Å². The molecule has 0 bridgehead atoms. The molecule has 3 N–H and O–H groups in total. The van der Waals surface area contributed by atoms with E-state index in [2.05, 4.69) is 5.32 Å². The first-order valence-electron chi connectivity index (χ1n) is 5.85. The highest BCUT2D eigenvalue weighted by Crippen LogP contribution is 2.02. The summed E-state index contributed by atoms with van der Waals surface area (Å²) in [5, 5.41) is 19.9. The predicted molar refractivity (Wildman–Crippen MR) is 63.2 cm³/mol. The van der Waals surface area contributed by atoms with Gasteiger partial charge in [-0.3, -0.25) is 0 Å². The van der Waals surface area contributed by atoms with Crippen LogP contribution < -0.4 is 5.32 Å². The Morgan fingerprint density at radius 2 is 1.88 bits per heavy atom. The van der Waals surface area contributed by atoms with Crippen LogP contribution in [0.25, 0.3) is 0 Å². The molecule has 1 aliphatic heterocycles. The molecule has 0 atom stereocenters. The number of ether oxygens (including phenoxy) is 1. The Morgan fingerprint density at radius 3 is 2.25 bits per heavy atom. The van der Waals surface area contributed by atoms with E-state index in [0.29, 0.717) is 12.7 Å². The van der Waals surface area contributed by atoms with Crippen molar-refractivity contribution in [2.24, 2.45) is 0 Å². The van der Waals surface area contributed by atoms with Gasteiger partial charge < -0.3 is 24.9 Å².